The molecule has 3 heterocycles. The predicted molar refractivity (Wildman–Crippen MR) is 138 cm³/mol. The van der Waals surface area contributed by atoms with Gasteiger partial charge in [-0.1, -0.05) is 23.4 Å². The van der Waals surface area contributed by atoms with Gasteiger partial charge in [-0.3, -0.25) is 19.7 Å². The third kappa shape index (κ3) is 6.31. The number of benzene rings is 1. The fourth-order valence-electron chi connectivity index (χ4n) is 4.90. The number of nitrogens with zero attached hydrogens (tertiary/aromatic N) is 3. The van der Waals surface area contributed by atoms with Crippen LogP contribution in [0, 0.1) is 17.3 Å². The number of hydrogen-bond acceptors (Lipinski definition) is 5. The lowest BCUT2D eigenvalue weighted by Gasteiger charge is -2.41. The zero-order valence-electron chi connectivity index (χ0n) is 20.2. The van der Waals surface area contributed by atoms with Crippen LogP contribution in [0.4, 0.5) is 4.39 Å². The molecular formula is C28H29ClFN3O3. The number of piperidine rings is 1. The Hall–Kier alpha value is -3.21. The zero-order valence-corrected chi connectivity index (χ0v) is 21.0. The molecule has 1 unspecified atom stereocenters. The fourth-order valence-corrected chi connectivity index (χ4v) is 5.17. The molecule has 1 aromatic carbocycles. The summed E-state index contributed by atoms with van der Waals surface area (Å²) in [5.74, 6) is 6.02. The molecule has 8 heteroatoms. The van der Waals surface area contributed by atoms with Crippen molar-refractivity contribution in [2.45, 2.75) is 38.3 Å². The molecule has 1 fully saturated rings. The maximum Gasteiger partial charge on any atom is 0.303 e. The van der Waals surface area contributed by atoms with Crippen molar-refractivity contribution in [3.63, 3.8) is 0 Å². The summed E-state index contributed by atoms with van der Waals surface area (Å²) in [6.45, 7) is 2.05. The van der Waals surface area contributed by atoms with Crippen LogP contribution in [0.5, 0.6) is 5.75 Å². The summed E-state index contributed by atoms with van der Waals surface area (Å²) in [7, 11) is 1.55. The largest absolute Gasteiger partial charge is 0.497 e. The van der Waals surface area contributed by atoms with Crippen molar-refractivity contribution in [3.8, 4) is 17.6 Å². The number of carboxylic acid groups (broad SMARTS) is 1. The number of carboxylic acids is 1. The molecule has 6 nitrogen and oxygen atoms in total. The second kappa shape index (κ2) is 11.7. The first-order chi connectivity index (χ1) is 17.4. The average Bonchev–Trinajstić information content (AvgIpc) is 2.88. The SMILES string of the molecule is COc1ccc2ncc(Cl)c(C(F)CCC3(CC(=O)O)CCN(CC#Cc4cccnc4)CC3)c2c1. The normalized spacial score (nSPS) is 16.2. The lowest BCUT2D eigenvalue weighted by molar-refractivity contribution is -0.141. The van der Waals surface area contributed by atoms with E-state index in [0.29, 0.717) is 48.0 Å². The minimum absolute atomic E-state index is 0.0214. The minimum atomic E-state index is -1.34. The van der Waals surface area contributed by atoms with Gasteiger partial charge in [-0.05, 0) is 74.5 Å². The van der Waals surface area contributed by atoms with E-state index < -0.39 is 17.6 Å². The van der Waals surface area contributed by atoms with E-state index in [0.717, 1.165) is 18.7 Å². The van der Waals surface area contributed by atoms with Crippen LogP contribution < -0.4 is 4.74 Å². The van der Waals surface area contributed by atoms with E-state index in [-0.39, 0.29) is 17.9 Å². The van der Waals surface area contributed by atoms with Crippen LogP contribution in [0.2, 0.25) is 5.02 Å². The monoisotopic (exact) mass is 509 g/mol. The second-order valence-corrected chi connectivity index (χ2v) is 9.71. The first-order valence-corrected chi connectivity index (χ1v) is 12.4. The molecule has 4 rings (SSSR count). The molecule has 0 bridgehead atoms. The predicted octanol–water partition coefficient (Wildman–Crippen LogP) is 5.69. The number of carbonyl (C=O) groups is 1. The number of hydrogen-bond donors (Lipinski definition) is 1. The topological polar surface area (TPSA) is 75.6 Å². The summed E-state index contributed by atoms with van der Waals surface area (Å²) >= 11 is 6.39. The Kier molecular flexibility index (Phi) is 8.40. The lowest BCUT2D eigenvalue weighted by Crippen LogP contribution is -2.41. The Morgan fingerprint density at radius 1 is 1.31 bits per heavy atom. The lowest BCUT2D eigenvalue weighted by atomic mass is 9.71. The van der Waals surface area contributed by atoms with Gasteiger partial charge in [0.15, 0.2) is 0 Å². The van der Waals surface area contributed by atoms with E-state index in [1.165, 1.54) is 6.20 Å². The molecule has 1 atom stereocenters. The first kappa shape index (κ1) is 25.9. The van der Waals surface area contributed by atoms with Gasteiger partial charge in [0.05, 0.1) is 30.6 Å². The Labute approximate surface area is 215 Å². The fraction of sp³-hybridized carbons (Fsp3) is 0.393. The van der Waals surface area contributed by atoms with Crippen LogP contribution in [-0.4, -0.2) is 52.7 Å². The summed E-state index contributed by atoms with van der Waals surface area (Å²) < 4.78 is 21.0. The molecule has 1 N–H and O–H groups in total. The van der Waals surface area contributed by atoms with Crippen molar-refractivity contribution in [3.05, 3.63) is 65.1 Å². The van der Waals surface area contributed by atoms with E-state index in [2.05, 4.69) is 26.7 Å². The summed E-state index contributed by atoms with van der Waals surface area (Å²) in [4.78, 5) is 22.3. The van der Waals surface area contributed by atoms with Gasteiger partial charge in [0, 0.05) is 35.1 Å². The molecule has 3 aromatic rings. The number of methoxy groups -OCH3 is 1. The maximum absolute atomic E-state index is 15.7. The Morgan fingerprint density at radius 2 is 2.11 bits per heavy atom. The highest BCUT2D eigenvalue weighted by atomic mass is 35.5. The molecule has 0 radical (unpaired) electrons. The molecular weight excluding hydrogens is 481 g/mol. The quantitative estimate of drug-likeness (QED) is 0.393. The molecule has 2 aromatic heterocycles. The summed E-state index contributed by atoms with van der Waals surface area (Å²) in [5, 5.41) is 10.5. The van der Waals surface area contributed by atoms with Crippen LogP contribution in [0.1, 0.15) is 49.4 Å². The molecule has 1 aliphatic heterocycles. The summed E-state index contributed by atoms with van der Waals surface area (Å²) in [6.07, 6.45) is 5.58. The van der Waals surface area contributed by atoms with Crippen molar-refractivity contribution in [2.24, 2.45) is 5.41 Å². The molecule has 36 heavy (non-hydrogen) atoms. The number of alkyl halides is 1. The van der Waals surface area contributed by atoms with Crippen LogP contribution in [0.25, 0.3) is 10.9 Å². The van der Waals surface area contributed by atoms with Crippen molar-refractivity contribution in [1.82, 2.24) is 14.9 Å². The third-order valence-electron chi connectivity index (χ3n) is 6.95. The van der Waals surface area contributed by atoms with Crippen molar-refractivity contribution >= 4 is 28.5 Å². The van der Waals surface area contributed by atoms with Crippen LogP contribution in [0.3, 0.4) is 0 Å². The van der Waals surface area contributed by atoms with Crippen molar-refractivity contribution in [2.75, 3.05) is 26.7 Å². The van der Waals surface area contributed by atoms with Crippen LogP contribution >= 0.6 is 11.6 Å². The Morgan fingerprint density at radius 3 is 2.81 bits per heavy atom. The van der Waals surface area contributed by atoms with E-state index in [9.17, 15) is 9.90 Å². The smallest absolute Gasteiger partial charge is 0.303 e. The number of ether oxygens (including phenoxy) is 1. The van der Waals surface area contributed by atoms with E-state index in [1.54, 1.807) is 37.7 Å². The summed E-state index contributed by atoms with van der Waals surface area (Å²) in [6, 6.07) is 9.06. The number of halogens is 2. The highest BCUT2D eigenvalue weighted by Gasteiger charge is 2.37. The number of likely N-dealkylation sites (tertiary alicyclic amines) is 1. The molecule has 0 amide bonds. The average molecular weight is 510 g/mol. The number of rotatable bonds is 8. The number of pyridine rings is 2. The highest BCUT2D eigenvalue weighted by Crippen LogP contribution is 2.44. The molecule has 1 aliphatic rings. The standard InChI is InChI=1S/C28H29ClFN3O3/c1-36-21-6-7-25-22(16-21)27(23(29)19-32-25)24(30)8-9-28(17-26(34)35)10-14-33(15-11-28)13-3-5-20-4-2-12-31-18-20/h2,4,6-7,12,16,18-19,24H,8-11,13-15,17H2,1H3,(H,34,35). The van der Waals surface area contributed by atoms with Gasteiger partial charge in [0.1, 0.15) is 11.9 Å². The van der Waals surface area contributed by atoms with Gasteiger partial charge in [-0.2, -0.15) is 0 Å². The Balaban J connectivity index is 1.43. The van der Waals surface area contributed by atoms with E-state index in [4.69, 9.17) is 16.3 Å². The van der Waals surface area contributed by atoms with E-state index in [1.807, 2.05) is 12.1 Å². The van der Waals surface area contributed by atoms with Crippen LogP contribution in [-0.2, 0) is 4.79 Å². The van der Waals surface area contributed by atoms with Crippen LogP contribution in [0.15, 0.2) is 48.9 Å². The number of fused-ring (bicyclic) bond motifs is 1. The number of aliphatic carboxylic acids is 1. The highest BCUT2D eigenvalue weighted by molar-refractivity contribution is 6.32. The van der Waals surface area contributed by atoms with Crippen molar-refractivity contribution < 1.29 is 19.0 Å². The molecule has 1 saturated heterocycles. The zero-order chi connectivity index (χ0) is 25.5. The van der Waals surface area contributed by atoms with Gasteiger partial charge < -0.3 is 9.84 Å². The van der Waals surface area contributed by atoms with Gasteiger partial charge >= 0.3 is 5.97 Å². The van der Waals surface area contributed by atoms with Gasteiger partial charge in [0.2, 0.25) is 0 Å². The van der Waals surface area contributed by atoms with Gasteiger partial charge in [-0.25, -0.2) is 4.39 Å². The Bertz CT molecular complexity index is 1270. The second-order valence-electron chi connectivity index (χ2n) is 9.30. The molecule has 0 saturated carbocycles. The molecule has 0 aliphatic carbocycles. The molecule has 0 spiro atoms. The maximum atomic E-state index is 15.7. The minimum Gasteiger partial charge on any atom is -0.497 e. The summed E-state index contributed by atoms with van der Waals surface area (Å²) in [5.41, 5.74) is 1.42. The number of aromatic nitrogens is 2. The third-order valence-corrected chi connectivity index (χ3v) is 7.25. The van der Waals surface area contributed by atoms with E-state index >= 15 is 4.39 Å². The van der Waals surface area contributed by atoms with Crippen molar-refractivity contribution in [1.29, 1.82) is 0 Å². The van der Waals surface area contributed by atoms with Gasteiger partial charge in [0.25, 0.3) is 0 Å². The van der Waals surface area contributed by atoms with Gasteiger partial charge in [-0.15, -0.1) is 0 Å². The first-order valence-electron chi connectivity index (χ1n) is 12.0. The molecule has 188 valence electrons.